The number of para-hydroxylation sites is 1. The number of aliphatic hydroxyl groups is 1. The summed E-state index contributed by atoms with van der Waals surface area (Å²) in [5.74, 6) is -1.54. The molecule has 0 aliphatic carbocycles. The van der Waals surface area contributed by atoms with E-state index in [1.165, 1.54) is 43.3 Å². The Kier molecular flexibility index (Phi) is 4.17. The molecule has 1 N–H and O–H groups in total. The fourth-order valence-corrected chi connectivity index (χ4v) is 1.97. The summed E-state index contributed by atoms with van der Waals surface area (Å²) in [6, 6.07) is 8.30. The Morgan fingerprint density at radius 1 is 1.16 bits per heavy atom. The minimum absolute atomic E-state index is 0.110. The molecule has 0 saturated carbocycles. The monoisotopic (exact) mass is 328 g/mol. The van der Waals surface area contributed by atoms with E-state index >= 15 is 0 Å². The highest BCUT2D eigenvalue weighted by atomic mass is 79.9. The Labute approximate surface area is 117 Å². The molecule has 0 spiro atoms. The smallest absolute Gasteiger partial charge is 0.168 e. The summed E-state index contributed by atoms with van der Waals surface area (Å²) in [5.41, 5.74) is 0.263. The zero-order valence-electron chi connectivity index (χ0n) is 10.0. The zero-order chi connectivity index (χ0) is 14.0. The van der Waals surface area contributed by atoms with E-state index in [1.54, 1.807) is 0 Å². The molecule has 1 unspecified atom stereocenters. The van der Waals surface area contributed by atoms with Crippen LogP contribution in [0.2, 0.25) is 0 Å². The van der Waals surface area contributed by atoms with E-state index < -0.39 is 17.7 Å². The number of aliphatic hydroxyl groups excluding tert-OH is 1. The standard InChI is InChI=1S/C14H11BrF2O2/c1-8(18)10-3-2-4-12(17)14(10)19-13-7-9(15)5-6-11(13)16/h2-8,18H,1H3. The highest BCUT2D eigenvalue weighted by molar-refractivity contribution is 9.10. The third kappa shape index (κ3) is 3.11. The fraction of sp³-hybridized carbons (Fsp3) is 0.143. The second-order valence-corrected chi connectivity index (χ2v) is 4.93. The molecule has 0 aromatic heterocycles. The van der Waals surface area contributed by atoms with Crippen LogP contribution in [0.15, 0.2) is 40.9 Å². The van der Waals surface area contributed by atoms with Crippen LogP contribution in [0.5, 0.6) is 11.5 Å². The SMILES string of the molecule is CC(O)c1cccc(F)c1Oc1cc(Br)ccc1F. The van der Waals surface area contributed by atoms with E-state index in [9.17, 15) is 13.9 Å². The molecular formula is C14H11BrF2O2. The summed E-state index contributed by atoms with van der Waals surface area (Å²) in [5, 5.41) is 9.58. The van der Waals surface area contributed by atoms with Gasteiger partial charge in [0.2, 0.25) is 0 Å². The highest BCUT2D eigenvalue weighted by Gasteiger charge is 2.16. The second-order valence-electron chi connectivity index (χ2n) is 4.01. The van der Waals surface area contributed by atoms with Gasteiger partial charge in [-0.25, -0.2) is 8.78 Å². The van der Waals surface area contributed by atoms with E-state index in [0.29, 0.717) is 4.47 Å². The largest absolute Gasteiger partial charge is 0.451 e. The number of benzene rings is 2. The molecule has 2 aromatic carbocycles. The molecule has 19 heavy (non-hydrogen) atoms. The van der Waals surface area contributed by atoms with E-state index in [4.69, 9.17) is 4.74 Å². The molecule has 1 atom stereocenters. The van der Waals surface area contributed by atoms with Crippen molar-refractivity contribution in [1.29, 1.82) is 0 Å². The van der Waals surface area contributed by atoms with Crippen LogP contribution in [-0.4, -0.2) is 5.11 Å². The van der Waals surface area contributed by atoms with Gasteiger partial charge in [0.25, 0.3) is 0 Å². The molecule has 2 nitrogen and oxygen atoms in total. The van der Waals surface area contributed by atoms with Gasteiger partial charge in [-0.15, -0.1) is 0 Å². The van der Waals surface area contributed by atoms with Crippen LogP contribution in [0.3, 0.4) is 0 Å². The normalized spacial score (nSPS) is 12.3. The predicted molar refractivity (Wildman–Crippen MR) is 71.2 cm³/mol. The predicted octanol–water partition coefficient (Wildman–Crippen LogP) is 4.57. The molecule has 0 amide bonds. The summed E-state index contributed by atoms with van der Waals surface area (Å²) in [6.45, 7) is 1.49. The lowest BCUT2D eigenvalue weighted by molar-refractivity contribution is 0.194. The molecular weight excluding hydrogens is 318 g/mol. The van der Waals surface area contributed by atoms with Crippen molar-refractivity contribution in [3.8, 4) is 11.5 Å². The first-order valence-electron chi connectivity index (χ1n) is 5.58. The van der Waals surface area contributed by atoms with Crippen molar-refractivity contribution in [2.45, 2.75) is 13.0 Å². The van der Waals surface area contributed by atoms with E-state index in [0.717, 1.165) is 0 Å². The Morgan fingerprint density at radius 2 is 1.89 bits per heavy atom. The molecule has 0 aliphatic rings. The van der Waals surface area contributed by atoms with Crippen molar-refractivity contribution in [2.24, 2.45) is 0 Å². The molecule has 0 fully saturated rings. The topological polar surface area (TPSA) is 29.5 Å². The molecule has 2 rings (SSSR count). The van der Waals surface area contributed by atoms with Crippen LogP contribution in [0, 0.1) is 11.6 Å². The van der Waals surface area contributed by atoms with Crippen LogP contribution in [0.1, 0.15) is 18.6 Å². The summed E-state index contributed by atoms with van der Waals surface area (Å²) >= 11 is 3.19. The van der Waals surface area contributed by atoms with Crippen LogP contribution < -0.4 is 4.74 Å². The lowest BCUT2D eigenvalue weighted by Crippen LogP contribution is -1.99. The Bertz CT molecular complexity index is 600. The Balaban J connectivity index is 2.46. The maximum absolute atomic E-state index is 13.8. The summed E-state index contributed by atoms with van der Waals surface area (Å²) < 4.78 is 33.2. The van der Waals surface area contributed by atoms with Gasteiger partial charge >= 0.3 is 0 Å². The summed E-state index contributed by atoms with van der Waals surface area (Å²) in [7, 11) is 0. The zero-order valence-corrected chi connectivity index (χ0v) is 11.6. The van der Waals surface area contributed by atoms with Gasteiger partial charge in [-0.05, 0) is 31.2 Å². The number of hydrogen-bond donors (Lipinski definition) is 1. The van der Waals surface area contributed by atoms with Gasteiger partial charge in [-0.3, -0.25) is 0 Å². The van der Waals surface area contributed by atoms with Gasteiger partial charge < -0.3 is 9.84 Å². The number of hydrogen-bond acceptors (Lipinski definition) is 2. The summed E-state index contributed by atoms with van der Waals surface area (Å²) in [6.07, 6.45) is -0.916. The molecule has 0 heterocycles. The first-order chi connectivity index (χ1) is 8.99. The molecule has 0 radical (unpaired) electrons. The van der Waals surface area contributed by atoms with Crippen molar-refractivity contribution in [2.75, 3.05) is 0 Å². The lowest BCUT2D eigenvalue weighted by Gasteiger charge is -2.14. The maximum Gasteiger partial charge on any atom is 0.168 e. The van der Waals surface area contributed by atoms with Crippen molar-refractivity contribution in [1.82, 2.24) is 0 Å². The lowest BCUT2D eigenvalue weighted by atomic mass is 10.1. The van der Waals surface area contributed by atoms with E-state index in [2.05, 4.69) is 15.9 Å². The van der Waals surface area contributed by atoms with Crippen LogP contribution >= 0.6 is 15.9 Å². The number of rotatable bonds is 3. The van der Waals surface area contributed by atoms with E-state index in [1.807, 2.05) is 0 Å². The van der Waals surface area contributed by atoms with Crippen molar-refractivity contribution >= 4 is 15.9 Å². The molecule has 0 bridgehead atoms. The minimum Gasteiger partial charge on any atom is -0.451 e. The average molecular weight is 329 g/mol. The van der Waals surface area contributed by atoms with Crippen molar-refractivity contribution in [3.63, 3.8) is 0 Å². The van der Waals surface area contributed by atoms with Crippen molar-refractivity contribution < 1.29 is 18.6 Å². The van der Waals surface area contributed by atoms with Gasteiger partial charge in [0.1, 0.15) is 0 Å². The highest BCUT2D eigenvalue weighted by Crippen LogP contribution is 2.34. The number of ether oxygens (including phenoxy) is 1. The van der Waals surface area contributed by atoms with Gasteiger partial charge in [-0.2, -0.15) is 0 Å². The molecule has 100 valence electrons. The third-order valence-electron chi connectivity index (χ3n) is 2.55. The summed E-state index contributed by atoms with van der Waals surface area (Å²) in [4.78, 5) is 0. The van der Waals surface area contributed by atoms with Crippen LogP contribution in [0.4, 0.5) is 8.78 Å². The third-order valence-corrected chi connectivity index (χ3v) is 3.05. The van der Waals surface area contributed by atoms with Crippen LogP contribution in [-0.2, 0) is 0 Å². The van der Waals surface area contributed by atoms with Crippen LogP contribution in [0.25, 0.3) is 0 Å². The van der Waals surface area contributed by atoms with Gasteiger partial charge in [0.15, 0.2) is 23.1 Å². The first-order valence-corrected chi connectivity index (χ1v) is 6.37. The molecule has 0 saturated heterocycles. The Hall–Kier alpha value is -1.46. The minimum atomic E-state index is -0.916. The molecule has 2 aromatic rings. The molecule has 5 heteroatoms. The Morgan fingerprint density at radius 3 is 2.58 bits per heavy atom. The van der Waals surface area contributed by atoms with Crippen molar-refractivity contribution in [3.05, 3.63) is 58.1 Å². The molecule has 0 aliphatic heterocycles. The van der Waals surface area contributed by atoms with Gasteiger partial charge in [0.05, 0.1) is 6.10 Å². The van der Waals surface area contributed by atoms with E-state index in [-0.39, 0.29) is 17.1 Å². The first kappa shape index (κ1) is 14.0. The fourth-order valence-electron chi connectivity index (χ4n) is 1.63. The second kappa shape index (κ2) is 5.67. The van der Waals surface area contributed by atoms with Gasteiger partial charge in [-0.1, -0.05) is 28.1 Å². The number of halogens is 3. The average Bonchev–Trinajstić information content (AvgIpc) is 2.35. The maximum atomic E-state index is 13.8. The quantitative estimate of drug-likeness (QED) is 0.894. The van der Waals surface area contributed by atoms with Gasteiger partial charge in [0, 0.05) is 10.0 Å².